The van der Waals surface area contributed by atoms with Crippen LogP contribution in [-0.4, -0.2) is 91.2 Å². The van der Waals surface area contributed by atoms with E-state index >= 15 is 0 Å². The fourth-order valence-corrected chi connectivity index (χ4v) is 4.08. The van der Waals surface area contributed by atoms with Crippen LogP contribution in [0.25, 0.3) is 11.2 Å². The fraction of sp³-hybridized carbons (Fsp3) is 0.500. The molecule has 3 heterocycles. The maximum atomic E-state index is 11.5. The second kappa shape index (κ2) is 13.0. The first-order valence-corrected chi connectivity index (χ1v) is 10.2. The Hall–Kier alpha value is -1.09. The van der Waals surface area contributed by atoms with Gasteiger partial charge in [-0.1, -0.05) is 0 Å². The number of aromatic nitrogens is 4. The van der Waals surface area contributed by atoms with E-state index in [-0.39, 0.29) is 57.4 Å². The Morgan fingerprint density at radius 2 is 1.66 bits per heavy atom. The van der Waals surface area contributed by atoms with E-state index in [1.54, 1.807) is 0 Å². The van der Waals surface area contributed by atoms with Crippen molar-refractivity contribution < 1.29 is 88.1 Å². The van der Waals surface area contributed by atoms with Crippen LogP contribution in [0.2, 0.25) is 0 Å². The van der Waals surface area contributed by atoms with Crippen molar-refractivity contribution >= 4 is 32.6 Å². The molecule has 2 aromatic rings. The average Bonchev–Trinajstić information content (AvgIpc) is 3.07. The summed E-state index contributed by atoms with van der Waals surface area (Å²) in [5.41, 5.74) is 6.11. The molecule has 2 unspecified atom stereocenters. The van der Waals surface area contributed by atoms with Crippen LogP contribution in [0.15, 0.2) is 12.7 Å². The van der Waals surface area contributed by atoms with Crippen molar-refractivity contribution in [3.8, 4) is 0 Å². The maximum Gasteiger partial charge on any atom is 0.481 e. The maximum absolute atomic E-state index is 11.5. The molecule has 3 rings (SSSR count). The minimum Gasteiger partial charge on any atom is -0.412 e. The first kappa shape index (κ1) is 35.5. The van der Waals surface area contributed by atoms with E-state index in [0.717, 1.165) is 6.33 Å². The Morgan fingerprint density at radius 1 is 1.06 bits per heavy atom. The molecule has 0 aromatic carbocycles. The van der Waals surface area contributed by atoms with Gasteiger partial charge in [0.2, 0.25) is 0 Å². The predicted octanol–water partition coefficient (Wildman–Crippen LogP) is -5.05. The second-order valence-electron chi connectivity index (χ2n) is 5.47. The van der Waals surface area contributed by atoms with E-state index in [1.807, 2.05) is 0 Å². The molecule has 5 atom stereocenters. The summed E-state index contributed by atoms with van der Waals surface area (Å²) in [5.74, 6) is 0.0856. The minimum absolute atomic E-state index is 0. The third-order valence-electron chi connectivity index (χ3n) is 3.61. The molecular formula is C10H23N5O14P2V. The summed E-state index contributed by atoms with van der Waals surface area (Å²) in [4.78, 5) is 38.1. The van der Waals surface area contributed by atoms with Crippen LogP contribution in [-0.2, 0) is 41.3 Å². The van der Waals surface area contributed by atoms with Gasteiger partial charge >= 0.3 is 15.6 Å². The molecule has 32 heavy (non-hydrogen) atoms. The van der Waals surface area contributed by atoms with Crippen molar-refractivity contribution in [2.24, 2.45) is 0 Å². The summed E-state index contributed by atoms with van der Waals surface area (Å²) in [6, 6.07) is 0. The van der Waals surface area contributed by atoms with E-state index < -0.39 is 46.8 Å². The van der Waals surface area contributed by atoms with Crippen LogP contribution in [0.4, 0.5) is 5.82 Å². The Morgan fingerprint density at radius 3 is 2.22 bits per heavy atom. The second-order valence-corrected chi connectivity index (χ2v) is 8.30. The molecule has 2 aromatic heterocycles. The summed E-state index contributed by atoms with van der Waals surface area (Å²) in [6.45, 7) is -0.813. The van der Waals surface area contributed by atoms with Gasteiger partial charge in [0.05, 0.1) is 12.9 Å². The molecule has 1 saturated heterocycles. The number of hydrogen-bond donors (Lipinski definition) is 6. The van der Waals surface area contributed by atoms with E-state index in [2.05, 4.69) is 23.8 Å². The number of aliphatic hydroxyl groups excluding tert-OH is 2. The number of phosphoric ester groups is 1. The van der Waals surface area contributed by atoms with Crippen molar-refractivity contribution in [3.63, 3.8) is 0 Å². The third kappa shape index (κ3) is 7.75. The zero-order valence-electron chi connectivity index (χ0n) is 15.7. The van der Waals surface area contributed by atoms with E-state index in [4.69, 9.17) is 20.3 Å². The van der Waals surface area contributed by atoms with Crippen molar-refractivity contribution in [2.45, 2.75) is 24.5 Å². The summed E-state index contributed by atoms with van der Waals surface area (Å²) < 4.78 is 36.8. The first-order chi connectivity index (χ1) is 12.5. The minimum atomic E-state index is -5.29. The number of phosphoric acid groups is 2. The molecule has 15 N–H and O–H groups in total. The van der Waals surface area contributed by atoms with Gasteiger partial charge in [0.25, 0.3) is 0 Å². The van der Waals surface area contributed by atoms with Crippen LogP contribution < -0.4 is 5.73 Å². The SMILES string of the molecule is Nc1ncnc2c1ncn2C1O[C@H](COP(=O)(O)OP(=O)(O)O)[C@@H](O)[C@H]1O.O.O.O.O.[V]. The van der Waals surface area contributed by atoms with Gasteiger partial charge in [0, 0.05) is 18.6 Å². The van der Waals surface area contributed by atoms with E-state index in [0.29, 0.717) is 0 Å². The molecule has 187 valence electrons. The molecule has 1 radical (unpaired) electrons. The first-order valence-electron chi connectivity index (χ1n) is 7.17. The number of fused-ring (bicyclic) bond motifs is 1. The van der Waals surface area contributed by atoms with Crippen molar-refractivity contribution in [1.82, 2.24) is 19.5 Å². The number of nitrogen functional groups attached to an aromatic ring is 1. The summed E-state index contributed by atoms with van der Waals surface area (Å²) >= 11 is 0. The molecule has 1 fully saturated rings. The molecule has 0 spiro atoms. The summed E-state index contributed by atoms with van der Waals surface area (Å²) in [7, 11) is -10.4. The summed E-state index contributed by atoms with van der Waals surface area (Å²) in [5, 5.41) is 20.3. The normalized spacial score (nSPS) is 24.0. The smallest absolute Gasteiger partial charge is 0.412 e. The zero-order chi connectivity index (χ0) is 20.0. The van der Waals surface area contributed by atoms with Crippen molar-refractivity contribution in [1.29, 1.82) is 0 Å². The summed E-state index contributed by atoms with van der Waals surface area (Å²) in [6.07, 6.45) is -3.20. The van der Waals surface area contributed by atoms with Crippen LogP contribution in [0.5, 0.6) is 0 Å². The van der Waals surface area contributed by atoms with E-state index in [9.17, 15) is 24.2 Å². The van der Waals surface area contributed by atoms with Crippen LogP contribution in [0, 0.1) is 0 Å². The van der Waals surface area contributed by atoms with Crippen LogP contribution >= 0.6 is 15.6 Å². The molecular weight excluding hydrogens is 527 g/mol. The number of imidazole rings is 1. The predicted molar refractivity (Wildman–Crippen MR) is 99.0 cm³/mol. The van der Waals surface area contributed by atoms with Gasteiger partial charge in [-0.2, -0.15) is 4.31 Å². The van der Waals surface area contributed by atoms with Crippen LogP contribution in [0.1, 0.15) is 6.23 Å². The topological polar surface area (TPSA) is 359 Å². The van der Waals surface area contributed by atoms with Gasteiger partial charge in [-0.25, -0.2) is 24.1 Å². The Balaban J connectivity index is -0.00000168. The fourth-order valence-electron chi connectivity index (χ4n) is 2.48. The number of nitrogens with two attached hydrogens (primary N) is 1. The molecule has 19 nitrogen and oxygen atoms in total. The molecule has 1 aliphatic heterocycles. The number of ether oxygens (including phenoxy) is 1. The monoisotopic (exact) mass is 550 g/mol. The number of aliphatic hydroxyl groups is 2. The van der Waals surface area contributed by atoms with Crippen molar-refractivity contribution in [3.05, 3.63) is 12.7 Å². The Labute approximate surface area is 190 Å². The van der Waals surface area contributed by atoms with E-state index in [1.165, 1.54) is 10.9 Å². The molecule has 1 aliphatic rings. The molecule has 22 heteroatoms. The molecule has 0 aliphatic carbocycles. The van der Waals surface area contributed by atoms with Crippen molar-refractivity contribution in [2.75, 3.05) is 12.3 Å². The van der Waals surface area contributed by atoms with Gasteiger partial charge in [0.1, 0.15) is 30.2 Å². The number of nitrogens with zero attached hydrogens (tertiary/aromatic N) is 4. The van der Waals surface area contributed by atoms with Gasteiger partial charge in [-0.15, -0.1) is 0 Å². The number of hydrogen-bond acceptors (Lipinski definition) is 11. The van der Waals surface area contributed by atoms with Gasteiger partial charge < -0.3 is 57.3 Å². The largest absolute Gasteiger partial charge is 0.481 e. The molecule has 0 bridgehead atoms. The Kier molecular flexibility index (Phi) is 14.4. The van der Waals surface area contributed by atoms with Gasteiger partial charge in [-0.05, 0) is 0 Å². The van der Waals surface area contributed by atoms with Gasteiger partial charge in [0.15, 0.2) is 17.7 Å². The zero-order valence-corrected chi connectivity index (χ0v) is 18.8. The van der Waals surface area contributed by atoms with Gasteiger partial charge in [-0.3, -0.25) is 9.09 Å². The standard InChI is InChI=1S/C10H15N5O10P2.4H2O.V/c11-8-5-9(13-2-12-8)15(3-14-5)10-7(17)6(16)4(24-10)1-23-27(21,22)25-26(18,19)20;;;;;/h2-4,6-7,10,16-17H,1H2,(H,21,22)(H2,11,12,13)(H2,18,19,20);4*1H2;/t4-,6-,7-,10?;;;;;/m1...../s1. The third-order valence-corrected chi connectivity index (χ3v) is 5.76. The molecule has 0 amide bonds. The van der Waals surface area contributed by atoms with Crippen LogP contribution in [0.3, 0.4) is 0 Å². The Bertz CT molecular complexity index is 944. The number of rotatable bonds is 6. The quantitative estimate of drug-likeness (QED) is 0.183. The average molecular weight is 550 g/mol. The number of anilines is 1. The molecule has 0 saturated carbocycles.